The van der Waals surface area contributed by atoms with Crippen molar-refractivity contribution in [3.8, 4) is 0 Å². The maximum Gasteiger partial charge on any atom is 0.407 e. The number of esters is 1. The molecule has 116 valence electrons. The van der Waals surface area contributed by atoms with Gasteiger partial charge in [0.2, 0.25) is 0 Å². The second-order valence-electron chi connectivity index (χ2n) is 6.12. The summed E-state index contributed by atoms with van der Waals surface area (Å²) in [6, 6.07) is -0.0704. The van der Waals surface area contributed by atoms with Crippen LogP contribution >= 0.6 is 0 Å². The molecule has 1 amide bonds. The number of ether oxygens (including phenoxy) is 2. The predicted octanol–water partition coefficient (Wildman–Crippen LogP) is 1.44. The van der Waals surface area contributed by atoms with Gasteiger partial charge in [-0.05, 0) is 52.6 Å². The molecule has 2 atom stereocenters. The fraction of sp³-hybridized carbons (Fsp3) is 0.857. The molecule has 6 nitrogen and oxygen atoms in total. The Morgan fingerprint density at radius 1 is 1.25 bits per heavy atom. The Morgan fingerprint density at radius 3 is 2.50 bits per heavy atom. The molecule has 1 heterocycles. The van der Waals surface area contributed by atoms with Crippen LogP contribution in [0.4, 0.5) is 4.79 Å². The Bertz CT molecular complexity index is 339. The zero-order valence-corrected chi connectivity index (χ0v) is 12.8. The van der Waals surface area contributed by atoms with Crippen LogP contribution in [0.5, 0.6) is 0 Å². The molecule has 0 radical (unpaired) electrons. The van der Waals surface area contributed by atoms with Crippen molar-refractivity contribution in [1.29, 1.82) is 0 Å². The highest BCUT2D eigenvalue weighted by Gasteiger charge is 2.29. The number of methoxy groups -OCH3 is 1. The van der Waals surface area contributed by atoms with E-state index in [4.69, 9.17) is 9.47 Å². The molecule has 6 heteroatoms. The third-order valence-corrected chi connectivity index (χ3v) is 3.25. The lowest BCUT2D eigenvalue weighted by Crippen LogP contribution is -2.43. The molecular weight excluding hydrogens is 260 g/mol. The van der Waals surface area contributed by atoms with Crippen molar-refractivity contribution in [2.24, 2.45) is 5.92 Å². The molecular formula is C14H26N2O4. The van der Waals surface area contributed by atoms with Crippen molar-refractivity contribution in [2.45, 2.75) is 51.7 Å². The average molecular weight is 286 g/mol. The van der Waals surface area contributed by atoms with E-state index in [0.29, 0.717) is 6.42 Å². The summed E-state index contributed by atoms with van der Waals surface area (Å²) in [5, 5.41) is 6.16. The van der Waals surface area contributed by atoms with E-state index in [1.54, 1.807) is 0 Å². The molecule has 0 aromatic heterocycles. The van der Waals surface area contributed by atoms with Crippen LogP contribution in [0.3, 0.4) is 0 Å². The van der Waals surface area contributed by atoms with Crippen LogP contribution in [0.25, 0.3) is 0 Å². The largest absolute Gasteiger partial charge is 0.469 e. The van der Waals surface area contributed by atoms with E-state index < -0.39 is 11.7 Å². The van der Waals surface area contributed by atoms with Crippen LogP contribution in [-0.4, -0.2) is 43.9 Å². The van der Waals surface area contributed by atoms with Gasteiger partial charge in [-0.25, -0.2) is 4.79 Å². The van der Waals surface area contributed by atoms with Crippen molar-refractivity contribution in [1.82, 2.24) is 10.6 Å². The smallest absolute Gasteiger partial charge is 0.407 e. The van der Waals surface area contributed by atoms with Crippen molar-refractivity contribution >= 4 is 12.1 Å². The van der Waals surface area contributed by atoms with E-state index in [1.807, 2.05) is 20.8 Å². The molecule has 0 unspecified atom stereocenters. The van der Waals surface area contributed by atoms with Gasteiger partial charge in [-0.2, -0.15) is 0 Å². The molecule has 1 saturated heterocycles. The summed E-state index contributed by atoms with van der Waals surface area (Å²) in [5.74, 6) is -0.169. The fourth-order valence-corrected chi connectivity index (χ4v) is 2.30. The zero-order chi connectivity index (χ0) is 15.2. The number of rotatable bonds is 3. The van der Waals surface area contributed by atoms with Gasteiger partial charge in [-0.1, -0.05) is 0 Å². The van der Waals surface area contributed by atoms with Crippen LogP contribution in [-0.2, 0) is 14.3 Å². The molecule has 1 fully saturated rings. The number of amides is 1. The average Bonchev–Trinajstić information content (AvgIpc) is 2.53. The molecule has 0 aliphatic carbocycles. The van der Waals surface area contributed by atoms with Gasteiger partial charge in [0.15, 0.2) is 0 Å². The Kier molecular flexibility index (Phi) is 6.26. The normalized spacial score (nSPS) is 23.6. The van der Waals surface area contributed by atoms with Crippen molar-refractivity contribution in [3.63, 3.8) is 0 Å². The number of hydrogen-bond acceptors (Lipinski definition) is 5. The van der Waals surface area contributed by atoms with E-state index in [0.717, 1.165) is 25.9 Å². The fourth-order valence-electron chi connectivity index (χ4n) is 2.30. The predicted molar refractivity (Wildman–Crippen MR) is 75.4 cm³/mol. The number of carbonyl (C=O) groups excluding carboxylic acids is 2. The first-order chi connectivity index (χ1) is 9.31. The minimum absolute atomic E-state index is 0.0704. The van der Waals surface area contributed by atoms with Gasteiger partial charge < -0.3 is 20.1 Å². The van der Waals surface area contributed by atoms with Gasteiger partial charge in [-0.15, -0.1) is 0 Å². The van der Waals surface area contributed by atoms with Gasteiger partial charge >= 0.3 is 12.1 Å². The summed E-state index contributed by atoms with van der Waals surface area (Å²) in [6.45, 7) is 7.14. The zero-order valence-electron chi connectivity index (χ0n) is 12.8. The Morgan fingerprint density at radius 2 is 1.90 bits per heavy atom. The Hall–Kier alpha value is -1.30. The topological polar surface area (TPSA) is 76.7 Å². The number of alkyl carbamates (subject to hydrolysis) is 1. The maximum absolute atomic E-state index is 11.9. The molecule has 0 aromatic carbocycles. The Labute approximate surface area is 120 Å². The third kappa shape index (κ3) is 6.23. The monoisotopic (exact) mass is 286 g/mol. The van der Waals surface area contributed by atoms with Crippen LogP contribution in [0, 0.1) is 5.92 Å². The lowest BCUT2D eigenvalue weighted by Gasteiger charge is -2.27. The summed E-state index contributed by atoms with van der Waals surface area (Å²) >= 11 is 0. The van der Waals surface area contributed by atoms with Gasteiger partial charge in [0.1, 0.15) is 5.60 Å². The van der Waals surface area contributed by atoms with Gasteiger partial charge in [0, 0.05) is 6.04 Å². The first kappa shape index (κ1) is 16.8. The summed E-state index contributed by atoms with van der Waals surface area (Å²) in [7, 11) is 1.38. The van der Waals surface area contributed by atoms with Crippen LogP contribution in [0.2, 0.25) is 0 Å². The molecule has 0 saturated carbocycles. The first-order valence-electron chi connectivity index (χ1n) is 7.09. The lowest BCUT2D eigenvalue weighted by atomic mass is 9.91. The highest BCUT2D eigenvalue weighted by atomic mass is 16.6. The van der Waals surface area contributed by atoms with E-state index in [1.165, 1.54) is 7.11 Å². The Balaban J connectivity index is 2.61. The van der Waals surface area contributed by atoms with Crippen molar-refractivity contribution < 1.29 is 19.1 Å². The van der Waals surface area contributed by atoms with Crippen LogP contribution in [0.15, 0.2) is 0 Å². The molecule has 20 heavy (non-hydrogen) atoms. The van der Waals surface area contributed by atoms with Crippen LogP contribution < -0.4 is 10.6 Å². The molecule has 1 aliphatic rings. The number of nitrogens with one attached hydrogen (secondary N) is 2. The summed E-state index contributed by atoms with van der Waals surface area (Å²) in [5.41, 5.74) is -0.523. The lowest BCUT2D eigenvalue weighted by molar-refractivity contribution is -0.142. The quantitative estimate of drug-likeness (QED) is 0.768. The molecule has 1 aliphatic heterocycles. The van der Waals surface area contributed by atoms with E-state index in [9.17, 15) is 9.59 Å². The second kappa shape index (κ2) is 7.47. The SMILES string of the molecule is COC(=O)C[C@@H]1CCNCC[C@H]1NC(=O)OC(C)(C)C. The standard InChI is InChI=1S/C14H26N2O4/c1-14(2,3)20-13(18)16-11-6-8-15-7-5-10(11)9-12(17)19-4/h10-11,15H,5-9H2,1-4H3,(H,16,18)/t10-,11+/m0/s1. The third-order valence-electron chi connectivity index (χ3n) is 3.25. The molecule has 2 N–H and O–H groups in total. The van der Waals surface area contributed by atoms with Crippen molar-refractivity contribution in [3.05, 3.63) is 0 Å². The molecule has 0 bridgehead atoms. The van der Waals surface area contributed by atoms with Gasteiger partial charge in [0.05, 0.1) is 13.5 Å². The minimum Gasteiger partial charge on any atom is -0.469 e. The first-order valence-corrected chi connectivity index (χ1v) is 7.09. The van der Waals surface area contributed by atoms with E-state index >= 15 is 0 Å². The highest BCUT2D eigenvalue weighted by molar-refractivity contribution is 5.70. The number of hydrogen-bond donors (Lipinski definition) is 2. The molecule has 1 rings (SSSR count). The number of carbonyl (C=O) groups is 2. The highest BCUT2D eigenvalue weighted by Crippen LogP contribution is 2.20. The minimum atomic E-state index is -0.523. The van der Waals surface area contributed by atoms with Gasteiger partial charge in [-0.3, -0.25) is 4.79 Å². The summed E-state index contributed by atoms with van der Waals surface area (Å²) < 4.78 is 10.00. The van der Waals surface area contributed by atoms with Gasteiger partial charge in [0.25, 0.3) is 0 Å². The second-order valence-corrected chi connectivity index (χ2v) is 6.12. The molecule has 0 spiro atoms. The summed E-state index contributed by atoms with van der Waals surface area (Å²) in [4.78, 5) is 23.3. The van der Waals surface area contributed by atoms with E-state index in [2.05, 4.69) is 10.6 Å². The summed E-state index contributed by atoms with van der Waals surface area (Å²) in [6.07, 6.45) is 1.49. The molecule has 0 aromatic rings. The van der Waals surface area contributed by atoms with Crippen molar-refractivity contribution in [2.75, 3.05) is 20.2 Å². The van der Waals surface area contributed by atoms with Crippen LogP contribution in [0.1, 0.15) is 40.0 Å². The van der Waals surface area contributed by atoms with E-state index in [-0.39, 0.29) is 17.9 Å². The maximum atomic E-state index is 11.9.